The van der Waals surface area contributed by atoms with Crippen molar-refractivity contribution >= 4 is 18.0 Å². The quantitative estimate of drug-likeness (QED) is 0.195. The summed E-state index contributed by atoms with van der Waals surface area (Å²) in [4.78, 5) is 25.0. The molecule has 0 unspecified atom stereocenters. The smallest absolute Gasteiger partial charge is 0.328 e. The molecule has 88 valence electrons. The van der Waals surface area contributed by atoms with E-state index >= 15 is 0 Å². The van der Waals surface area contributed by atoms with Crippen LogP contribution >= 0.6 is 0 Å². The molecule has 0 atom stereocenters. The third-order valence-corrected chi connectivity index (χ3v) is 1.88. The normalized spacial score (nSPS) is 9.06. The fraction of sp³-hybridized carbons (Fsp3) is 0.182. The molecule has 1 rings (SSSR count). The van der Waals surface area contributed by atoms with Crippen LogP contribution in [0.2, 0.25) is 0 Å². The van der Waals surface area contributed by atoms with Gasteiger partial charge in [0.15, 0.2) is 0 Å². The van der Waals surface area contributed by atoms with E-state index in [2.05, 4.69) is 4.79 Å². The van der Waals surface area contributed by atoms with Crippen LogP contribution in [-0.2, 0) is 4.79 Å². The second kappa shape index (κ2) is 5.58. The lowest BCUT2D eigenvalue weighted by molar-refractivity contribution is -0.131. The first kappa shape index (κ1) is 12.6. The van der Waals surface area contributed by atoms with Gasteiger partial charge in [0.05, 0.1) is 12.7 Å². The van der Waals surface area contributed by atoms with Gasteiger partial charge in [0.2, 0.25) is 0 Å². The Morgan fingerprint density at radius 2 is 2.12 bits per heavy atom. The van der Waals surface area contributed by atoms with E-state index in [0.29, 0.717) is 5.75 Å². The highest BCUT2D eigenvalue weighted by Gasteiger charge is 2.16. The lowest BCUT2D eigenvalue weighted by Gasteiger charge is -2.07. The van der Waals surface area contributed by atoms with Crippen molar-refractivity contribution in [3.8, 4) is 11.5 Å². The van der Waals surface area contributed by atoms with E-state index in [4.69, 9.17) is 15.0 Å². The Kier molecular flexibility index (Phi) is 4.14. The molecule has 0 fully saturated rings. The zero-order chi connectivity index (χ0) is 12.8. The largest absolute Gasteiger partial charge is 0.497 e. The van der Waals surface area contributed by atoms with Crippen molar-refractivity contribution in [1.82, 2.24) is 0 Å². The van der Waals surface area contributed by atoms with E-state index in [9.17, 15) is 9.59 Å². The van der Waals surface area contributed by atoms with Gasteiger partial charge in [-0.2, -0.15) is 4.79 Å². The van der Waals surface area contributed by atoms with Gasteiger partial charge in [-0.3, -0.25) is 9.59 Å². The summed E-state index contributed by atoms with van der Waals surface area (Å²) in [5, 5.41) is 0. The van der Waals surface area contributed by atoms with Gasteiger partial charge in [-0.05, 0) is 12.1 Å². The van der Waals surface area contributed by atoms with Crippen LogP contribution in [0.4, 0.5) is 0 Å². The molecule has 1 aromatic carbocycles. The fourth-order valence-electron chi connectivity index (χ4n) is 1.19. The van der Waals surface area contributed by atoms with Crippen LogP contribution in [0.3, 0.4) is 0 Å². The predicted molar refractivity (Wildman–Crippen MR) is 58.3 cm³/mol. The van der Waals surface area contributed by atoms with Gasteiger partial charge in [-0.15, -0.1) is 0 Å². The summed E-state index contributed by atoms with van der Waals surface area (Å²) < 4.78 is 9.82. The van der Waals surface area contributed by atoms with Crippen LogP contribution in [0.25, 0.3) is 5.53 Å². The summed E-state index contributed by atoms with van der Waals surface area (Å²) in [5.41, 5.74) is 8.40. The first-order chi connectivity index (χ1) is 8.08. The molecule has 0 aliphatic heterocycles. The SMILES string of the molecule is COc1ccc(C(=O)C=[N+]=[N-])c(OC(C)=O)c1. The second-order valence-corrected chi connectivity index (χ2v) is 3.06. The molecular formula is C11H10N2O4. The first-order valence-corrected chi connectivity index (χ1v) is 4.66. The fourth-order valence-corrected chi connectivity index (χ4v) is 1.19. The van der Waals surface area contributed by atoms with E-state index in [1.807, 2.05) is 0 Å². The maximum atomic E-state index is 11.5. The number of esters is 1. The summed E-state index contributed by atoms with van der Waals surface area (Å²) in [6.45, 7) is 1.22. The molecule has 0 spiro atoms. The van der Waals surface area contributed by atoms with Crippen molar-refractivity contribution in [2.45, 2.75) is 6.92 Å². The van der Waals surface area contributed by atoms with E-state index in [0.717, 1.165) is 6.21 Å². The maximum absolute atomic E-state index is 11.5. The molecule has 0 amide bonds. The summed E-state index contributed by atoms with van der Waals surface area (Å²) >= 11 is 0. The molecule has 0 N–H and O–H groups in total. The predicted octanol–water partition coefficient (Wildman–Crippen LogP) is 1.10. The standard InChI is InChI=1S/C11H10N2O4/c1-7(14)17-11-5-8(16-2)3-4-9(11)10(15)6-13-12/h3-6H,1-2H3. The number of nitrogens with zero attached hydrogens (tertiary/aromatic N) is 2. The molecule has 6 heteroatoms. The van der Waals surface area contributed by atoms with Crippen molar-refractivity contribution in [1.29, 1.82) is 0 Å². The van der Waals surface area contributed by atoms with Gasteiger partial charge in [-0.1, -0.05) is 0 Å². The molecule has 0 aromatic heterocycles. The molecule has 0 bridgehead atoms. The average Bonchev–Trinajstić information content (AvgIpc) is 2.28. The molecule has 0 radical (unpaired) electrons. The van der Waals surface area contributed by atoms with E-state index in [1.54, 1.807) is 0 Å². The number of benzene rings is 1. The van der Waals surface area contributed by atoms with Crippen molar-refractivity contribution < 1.29 is 23.9 Å². The molecule has 0 saturated heterocycles. The minimum atomic E-state index is -0.577. The minimum absolute atomic E-state index is 0.0572. The average molecular weight is 234 g/mol. The number of carbonyl (C=O) groups excluding carboxylic acids is 2. The summed E-state index contributed by atoms with van der Waals surface area (Å²) in [6, 6.07) is 4.35. The van der Waals surface area contributed by atoms with Crippen molar-refractivity contribution in [2.75, 3.05) is 7.11 Å². The maximum Gasteiger partial charge on any atom is 0.328 e. The zero-order valence-electron chi connectivity index (χ0n) is 9.34. The number of carbonyl (C=O) groups is 2. The molecule has 17 heavy (non-hydrogen) atoms. The lowest BCUT2D eigenvalue weighted by atomic mass is 10.1. The van der Waals surface area contributed by atoms with Gasteiger partial charge in [0, 0.05) is 13.0 Å². The summed E-state index contributed by atoms with van der Waals surface area (Å²) in [7, 11) is 1.45. The topological polar surface area (TPSA) is 89.0 Å². The van der Waals surface area contributed by atoms with Crippen LogP contribution < -0.4 is 9.47 Å². The Bertz CT molecular complexity index is 504. The lowest BCUT2D eigenvalue weighted by Crippen LogP contribution is -2.09. The van der Waals surface area contributed by atoms with E-state index < -0.39 is 11.8 Å². The Labute approximate surface area is 97.4 Å². The molecule has 0 saturated carbocycles. The van der Waals surface area contributed by atoms with Gasteiger partial charge >= 0.3 is 12.2 Å². The number of rotatable bonds is 4. The Morgan fingerprint density at radius 1 is 1.41 bits per heavy atom. The number of hydrogen-bond donors (Lipinski definition) is 0. The third kappa shape index (κ3) is 3.25. The van der Waals surface area contributed by atoms with E-state index in [1.165, 1.54) is 32.2 Å². The number of methoxy groups -OCH3 is 1. The van der Waals surface area contributed by atoms with Crippen molar-refractivity contribution in [2.24, 2.45) is 0 Å². The first-order valence-electron chi connectivity index (χ1n) is 4.66. The molecule has 6 nitrogen and oxygen atoms in total. The van der Waals surface area contributed by atoms with Crippen LogP contribution in [-0.4, -0.2) is 29.9 Å². The van der Waals surface area contributed by atoms with Crippen LogP contribution in [0.1, 0.15) is 17.3 Å². The highest BCUT2D eigenvalue weighted by Crippen LogP contribution is 2.25. The van der Waals surface area contributed by atoms with Gasteiger partial charge in [0.1, 0.15) is 11.5 Å². The van der Waals surface area contributed by atoms with Gasteiger partial charge in [0.25, 0.3) is 5.78 Å². The van der Waals surface area contributed by atoms with E-state index in [-0.39, 0.29) is 11.3 Å². The molecule has 0 aliphatic carbocycles. The van der Waals surface area contributed by atoms with Gasteiger partial charge in [-0.25, -0.2) is 0 Å². The van der Waals surface area contributed by atoms with Crippen LogP contribution in [0.15, 0.2) is 18.2 Å². The third-order valence-electron chi connectivity index (χ3n) is 1.88. The highest BCUT2D eigenvalue weighted by atomic mass is 16.5. The van der Waals surface area contributed by atoms with Crippen molar-refractivity contribution in [3.05, 3.63) is 29.3 Å². The highest BCUT2D eigenvalue weighted by molar-refractivity contribution is 6.34. The Balaban J connectivity index is 3.23. The minimum Gasteiger partial charge on any atom is -0.497 e. The van der Waals surface area contributed by atoms with Crippen molar-refractivity contribution in [3.63, 3.8) is 0 Å². The Hall–Kier alpha value is -2.46. The number of hydrogen-bond acceptors (Lipinski definition) is 4. The summed E-state index contributed by atoms with van der Waals surface area (Å²) in [6.07, 6.45) is 0.717. The summed E-state index contributed by atoms with van der Waals surface area (Å²) in [5.74, 6) is -0.639. The van der Waals surface area contributed by atoms with Crippen LogP contribution in [0, 0.1) is 0 Å². The van der Waals surface area contributed by atoms with Crippen LogP contribution in [0.5, 0.6) is 11.5 Å². The Morgan fingerprint density at radius 3 is 2.65 bits per heavy atom. The number of ether oxygens (including phenoxy) is 2. The van der Waals surface area contributed by atoms with Gasteiger partial charge < -0.3 is 15.0 Å². The molecular weight excluding hydrogens is 224 g/mol. The zero-order valence-corrected chi connectivity index (χ0v) is 9.34. The molecule has 0 heterocycles. The monoisotopic (exact) mass is 234 g/mol. The molecule has 1 aromatic rings. The molecule has 0 aliphatic rings. The number of Topliss-reactive ketones (excluding diaryl/α,β-unsaturated/α-hetero) is 1. The second-order valence-electron chi connectivity index (χ2n) is 3.06. The number of ketones is 1.